The number of hydrogen-bond acceptors (Lipinski definition) is 5. The molecule has 0 N–H and O–H groups in total. The van der Waals surface area contributed by atoms with E-state index in [0.717, 1.165) is 4.47 Å². The van der Waals surface area contributed by atoms with Gasteiger partial charge in [0.05, 0.1) is 16.4 Å². The minimum absolute atomic E-state index is 0.0365. The Balaban J connectivity index is 2.53. The van der Waals surface area contributed by atoms with Crippen LogP contribution in [0.2, 0.25) is 0 Å². The van der Waals surface area contributed by atoms with E-state index in [0.29, 0.717) is 29.5 Å². The van der Waals surface area contributed by atoms with Crippen LogP contribution in [-0.4, -0.2) is 40.3 Å². The average molecular weight is 381 g/mol. The predicted octanol–water partition coefficient (Wildman–Crippen LogP) is 3.43. The minimum atomic E-state index is -0.749. The topological polar surface area (TPSA) is 63.5 Å². The summed E-state index contributed by atoms with van der Waals surface area (Å²) in [5.74, 6) is 0.639. The summed E-state index contributed by atoms with van der Waals surface area (Å²) in [6, 6.07) is 1.02. The maximum atomic E-state index is 11.8. The van der Waals surface area contributed by atoms with E-state index >= 15 is 0 Å². The summed E-state index contributed by atoms with van der Waals surface area (Å²) in [5.41, 5.74) is 0. The van der Waals surface area contributed by atoms with Crippen molar-refractivity contribution in [2.24, 2.45) is 0 Å². The number of nitrogens with zero attached hydrogens (tertiary/aromatic N) is 2. The van der Waals surface area contributed by atoms with E-state index in [1.54, 1.807) is 11.0 Å². The fraction of sp³-hybridized carbons (Fsp3) is 0.583. The zero-order valence-electron chi connectivity index (χ0n) is 11.4. The van der Waals surface area contributed by atoms with Crippen molar-refractivity contribution in [3.05, 3.63) is 30.9 Å². The second-order valence-electron chi connectivity index (χ2n) is 4.05. The standard InChI is InChI=1S/C12H17BrN2O3S2/c1-3-14(4-2)12(16)8-19-7-10(15(17)18)11-5-9(13)6-20-11/h5-6,10H,3-4,7-8H2,1-2H3. The molecule has 1 heterocycles. The zero-order valence-corrected chi connectivity index (χ0v) is 14.6. The molecule has 5 nitrogen and oxygen atoms in total. The first-order chi connectivity index (χ1) is 9.49. The number of amides is 1. The molecule has 0 fully saturated rings. The van der Waals surface area contributed by atoms with E-state index in [9.17, 15) is 14.9 Å². The van der Waals surface area contributed by atoms with E-state index in [4.69, 9.17) is 0 Å². The third-order valence-corrected chi connectivity index (χ3v) is 5.59. The Bertz CT molecular complexity index is 463. The highest BCUT2D eigenvalue weighted by molar-refractivity contribution is 9.10. The molecule has 0 saturated heterocycles. The van der Waals surface area contributed by atoms with Gasteiger partial charge in [-0.05, 0) is 35.8 Å². The van der Waals surface area contributed by atoms with Gasteiger partial charge in [0.1, 0.15) is 0 Å². The molecule has 0 aliphatic rings. The molecule has 112 valence electrons. The van der Waals surface area contributed by atoms with Crippen LogP contribution in [0.4, 0.5) is 0 Å². The number of hydrogen-bond donors (Lipinski definition) is 0. The Morgan fingerprint density at radius 3 is 2.65 bits per heavy atom. The van der Waals surface area contributed by atoms with E-state index in [2.05, 4.69) is 15.9 Å². The van der Waals surface area contributed by atoms with Gasteiger partial charge >= 0.3 is 0 Å². The van der Waals surface area contributed by atoms with Crippen molar-refractivity contribution in [3.63, 3.8) is 0 Å². The Morgan fingerprint density at radius 1 is 1.55 bits per heavy atom. The summed E-state index contributed by atoms with van der Waals surface area (Å²) in [5, 5.41) is 13.0. The van der Waals surface area contributed by atoms with Crippen LogP contribution in [0.15, 0.2) is 15.9 Å². The molecule has 1 amide bonds. The van der Waals surface area contributed by atoms with Gasteiger partial charge in [-0.25, -0.2) is 0 Å². The molecule has 20 heavy (non-hydrogen) atoms. The molecule has 1 unspecified atom stereocenters. The van der Waals surface area contributed by atoms with Crippen molar-refractivity contribution >= 4 is 44.9 Å². The average Bonchev–Trinajstić information content (AvgIpc) is 2.82. The summed E-state index contributed by atoms with van der Waals surface area (Å²) >= 11 is 5.98. The Morgan fingerprint density at radius 2 is 2.20 bits per heavy atom. The fourth-order valence-electron chi connectivity index (χ4n) is 1.68. The molecule has 1 aromatic rings. The Kier molecular flexibility index (Phi) is 7.53. The quantitative estimate of drug-likeness (QED) is 0.511. The molecule has 0 aliphatic carbocycles. The first-order valence-corrected chi connectivity index (χ1v) is 9.05. The maximum absolute atomic E-state index is 11.8. The van der Waals surface area contributed by atoms with Crippen LogP contribution in [0.3, 0.4) is 0 Å². The van der Waals surface area contributed by atoms with Crippen LogP contribution < -0.4 is 0 Å². The van der Waals surface area contributed by atoms with E-state index in [1.165, 1.54) is 23.1 Å². The number of nitro groups is 1. The number of rotatable bonds is 8. The van der Waals surface area contributed by atoms with Gasteiger partial charge in [-0.1, -0.05) is 0 Å². The van der Waals surface area contributed by atoms with Crippen molar-refractivity contribution in [1.82, 2.24) is 4.90 Å². The number of halogens is 1. The normalized spacial score (nSPS) is 12.2. The van der Waals surface area contributed by atoms with Crippen LogP contribution >= 0.6 is 39.0 Å². The lowest BCUT2D eigenvalue weighted by Gasteiger charge is -2.18. The van der Waals surface area contributed by atoms with Gasteiger partial charge in [-0.3, -0.25) is 14.9 Å². The van der Waals surface area contributed by atoms with Gasteiger partial charge in [-0.2, -0.15) is 0 Å². The fourth-order valence-corrected chi connectivity index (χ4v) is 4.30. The Hall–Kier alpha value is -0.600. The molecule has 1 rings (SSSR count). The van der Waals surface area contributed by atoms with E-state index in [-0.39, 0.29) is 10.8 Å². The first kappa shape index (κ1) is 17.5. The zero-order chi connectivity index (χ0) is 15.1. The molecule has 0 saturated carbocycles. The third-order valence-electron chi connectivity index (χ3n) is 2.79. The van der Waals surface area contributed by atoms with Gasteiger partial charge in [0.15, 0.2) is 0 Å². The molecular formula is C12H17BrN2O3S2. The van der Waals surface area contributed by atoms with E-state index in [1.807, 2.05) is 19.2 Å². The molecule has 0 spiro atoms. The van der Waals surface area contributed by atoms with Crippen LogP contribution in [0.5, 0.6) is 0 Å². The molecule has 0 radical (unpaired) electrons. The summed E-state index contributed by atoms with van der Waals surface area (Å²) < 4.78 is 0.855. The highest BCUT2D eigenvalue weighted by Gasteiger charge is 2.25. The smallest absolute Gasteiger partial charge is 0.256 e. The van der Waals surface area contributed by atoms with Crippen LogP contribution in [0.1, 0.15) is 24.8 Å². The number of carbonyl (C=O) groups excluding carboxylic acids is 1. The predicted molar refractivity (Wildman–Crippen MR) is 87.0 cm³/mol. The van der Waals surface area contributed by atoms with Gasteiger partial charge in [-0.15, -0.1) is 23.1 Å². The minimum Gasteiger partial charge on any atom is -0.343 e. The molecular weight excluding hydrogens is 364 g/mol. The van der Waals surface area contributed by atoms with Gasteiger partial charge in [0, 0.05) is 27.9 Å². The third kappa shape index (κ3) is 5.06. The largest absolute Gasteiger partial charge is 0.343 e. The van der Waals surface area contributed by atoms with Crippen LogP contribution in [-0.2, 0) is 4.79 Å². The number of thiophene rings is 1. The monoisotopic (exact) mass is 380 g/mol. The number of thioether (sulfide) groups is 1. The summed E-state index contributed by atoms with van der Waals surface area (Å²) in [4.78, 5) is 25.1. The van der Waals surface area contributed by atoms with Crippen LogP contribution in [0, 0.1) is 10.1 Å². The molecule has 0 bridgehead atoms. The van der Waals surface area contributed by atoms with Crippen molar-refractivity contribution in [3.8, 4) is 0 Å². The van der Waals surface area contributed by atoms with Crippen molar-refractivity contribution in [1.29, 1.82) is 0 Å². The summed E-state index contributed by atoms with van der Waals surface area (Å²) in [7, 11) is 0. The van der Waals surface area contributed by atoms with Gasteiger partial charge < -0.3 is 4.90 Å². The highest BCUT2D eigenvalue weighted by Crippen LogP contribution is 2.29. The molecule has 0 aliphatic heterocycles. The summed E-state index contributed by atoms with van der Waals surface area (Å²) in [6.07, 6.45) is 0. The van der Waals surface area contributed by atoms with Gasteiger partial charge in [0.2, 0.25) is 5.91 Å². The van der Waals surface area contributed by atoms with Crippen molar-refractivity contribution in [2.75, 3.05) is 24.6 Å². The van der Waals surface area contributed by atoms with Crippen molar-refractivity contribution < 1.29 is 9.72 Å². The highest BCUT2D eigenvalue weighted by atomic mass is 79.9. The number of carbonyl (C=O) groups is 1. The molecule has 0 aromatic carbocycles. The molecule has 1 atom stereocenters. The summed E-state index contributed by atoms with van der Waals surface area (Å²) in [6.45, 7) is 5.20. The lowest BCUT2D eigenvalue weighted by atomic mass is 10.3. The SMILES string of the molecule is CCN(CC)C(=O)CSCC(c1cc(Br)cs1)[N+](=O)[O-]. The lowest BCUT2D eigenvalue weighted by Crippen LogP contribution is -2.32. The first-order valence-electron chi connectivity index (χ1n) is 6.22. The molecule has 1 aromatic heterocycles. The second kappa shape index (κ2) is 8.63. The van der Waals surface area contributed by atoms with E-state index < -0.39 is 6.04 Å². The van der Waals surface area contributed by atoms with Gasteiger partial charge in [0.25, 0.3) is 6.04 Å². The van der Waals surface area contributed by atoms with Crippen molar-refractivity contribution in [2.45, 2.75) is 19.9 Å². The second-order valence-corrected chi connectivity index (χ2v) is 6.94. The molecule has 8 heteroatoms. The maximum Gasteiger partial charge on any atom is 0.256 e. The van der Waals surface area contributed by atoms with Crippen LogP contribution in [0.25, 0.3) is 0 Å². The Labute approximate surface area is 135 Å². The lowest BCUT2D eigenvalue weighted by molar-refractivity contribution is -0.522.